The Bertz CT molecular complexity index is 358. The molecule has 2 nitrogen and oxygen atoms in total. The van der Waals surface area contributed by atoms with E-state index in [4.69, 9.17) is 10.5 Å². The van der Waals surface area contributed by atoms with Gasteiger partial charge >= 0.3 is 0 Å². The summed E-state index contributed by atoms with van der Waals surface area (Å²) in [4.78, 5) is 0. The molecule has 0 heterocycles. The van der Waals surface area contributed by atoms with Gasteiger partial charge in [-0.05, 0) is 24.0 Å². The van der Waals surface area contributed by atoms with Crippen molar-refractivity contribution in [3.05, 3.63) is 42.0 Å². The summed E-state index contributed by atoms with van der Waals surface area (Å²) >= 11 is 0. The van der Waals surface area contributed by atoms with Gasteiger partial charge in [-0.3, -0.25) is 0 Å². The number of rotatable bonds is 5. The normalized spacial score (nSPS) is 12.6. The Kier molecular flexibility index (Phi) is 4.56. The van der Waals surface area contributed by atoms with Crippen LogP contribution in [0.1, 0.15) is 43.4 Å². The van der Waals surface area contributed by atoms with Crippen LogP contribution < -0.4 is 10.5 Å². The molecule has 1 aromatic carbocycles. The van der Waals surface area contributed by atoms with Gasteiger partial charge in [0.1, 0.15) is 5.75 Å². The Morgan fingerprint density at radius 3 is 2.62 bits per heavy atom. The van der Waals surface area contributed by atoms with Crippen LogP contribution in [0.4, 0.5) is 0 Å². The fourth-order valence-electron chi connectivity index (χ4n) is 1.71. The molecule has 0 saturated carbocycles. The zero-order chi connectivity index (χ0) is 12.1. The Morgan fingerprint density at radius 1 is 1.44 bits per heavy atom. The molecular weight excluding hydrogens is 198 g/mol. The molecule has 0 aliphatic carbocycles. The highest BCUT2D eigenvalue weighted by molar-refractivity contribution is 5.40. The largest absolute Gasteiger partial charge is 0.496 e. The fourth-order valence-corrected chi connectivity index (χ4v) is 1.71. The lowest BCUT2D eigenvalue weighted by Crippen LogP contribution is -2.11. The van der Waals surface area contributed by atoms with Crippen LogP contribution in [0.3, 0.4) is 0 Å². The average Bonchev–Trinajstić information content (AvgIpc) is 2.28. The van der Waals surface area contributed by atoms with Crippen molar-refractivity contribution in [2.45, 2.75) is 32.2 Å². The molecule has 2 heteroatoms. The second-order valence-electron chi connectivity index (χ2n) is 4.29. The molecule has 0 fully saturated rings. The van der Waals surface area contributed by atoms with Crippen molar-refractivity contribution in [3.63, 3.8) is 0 Å². The maximum absolute atomic E-state index is 6.10. The molecule has 0 aromatic heterocycles. The smallest absolute Gasteiger partial charge is 0.123 e. The summed E-state index contributed by atoms with van der Waals surface area (Å²) in [6.45, 7) is 8.06. The molecule has 1 rings (SSSR count). The van der Waals surface area contributed by atoms with Gasteiger partial charge < -0.3 is 10.5 Å². The predicted molar refractivity (Wildman–Crippen MR) is 68.8 cm³/mol. The van der Waals surface area contributed by atoms with Crippen LogP contribution in [0.15, 0.2) is 30.9 Å². The number of ether oxygens (including phenoxy) is 1. The third-order valence-corrected chi connectivity index (χ3v) is 2.74. The Labute approximate surface area is 98.1 Å². The second kappa shape index (κ2) is 5.71. The van der Waals surface area contributed by atoms with Gasteiger partial charge in [0, 0.05) is 11.6 Å². The van der Waals surface area contributed by atoms with Crippen LogP contribution in [0, 0.1) is 0 Å². The summed E-state index contributed by atoms with van der Waals surface area (Å²) in [7, 11) is 1.68. The Morgan fingerprint density at radius 2 is 2.12 bits per heavy atom. The SMILES string of the molecule is C=CC[C@@H](N)c1cc(C(C)C)ccc1OC. The molecular formula is C14H21NO. The molecule has 0 unspecified atom stereocenters. The first kappa shape index (κ1) is 12.8. The lowest BCUT2D eigenvalue weighted by Gasteiger charge is -2.17. The summed E-state index contributed by atoms with van der Waals surface area (Å²) in [5.74, 6) is 1.36. The molecule has 0 aliphatic rings. The van der Waals surface area contributed by atoms with Crippen molar-refractivity contribution in [3.8, 4) is 5.75 Å². The lowest BCUT2D eigenvalue weighted by molar-refractivity contribution is 0.405. The minimum Gasteiger partial charge on any atom is -0.496 e. The topological polar surface area (TPSA) is 35.2 Å². The summed E-state index contributed by atoms with van der Waals surface area (Å²) < 4.78 is 5.33. The zero-order valence-electron chi connectivity index (χ0n) is 10.4. The summed E-state index contributed by atoms with van der Waals surface area (Å²) in [6, 6.07) is 6.19. The molecule has 2 N–H and O–H groups in total. The van der Waals surface area contributed by atoms with Gasteiger partial charge in [0.25, 0.3) is 0 Å². The number of methoxy groups -OCH3 is 1. The van der Waals surface area contributed by atoms with Crippen LogP contribution in [0.25, 0.3) is 0 Å². The fraction of sp³-hybridized carbons (Fsp3) is 0.429. The van der Waals surface area contributed by atoms with Crippen LogP contribution in [-0.2, 0) is 0 Å². The van der Waals surface area contributed by atoms with Crippen molar-refractivity contribution in [2.24, 2.45) is 5.73 Å². The van der Waals surface area contributed by atoms with Crippen LogP contribution >= 0.6 is 0 Å². The number of benzene rings is 1. The zero-order valence-corrected chi connectivity index (χ0v) is 10.4. The minimum absolute atomic E-state index is 0.0360. The summed E-state index contributed by atoms with van der Waals surface area (Å²) in [5.41, 5.74) is 8.45. The van der Waals surface area contributed by atoms with E-state index in [0.717, 1.165) is 17.7 Å². The molecule has 0 radical (unpaired) electrons. The van der Waals surface area contributed by atoms with Gasteiger partial charge in [-0.1, -0.05) is 32.1 Å². The number of hydrogen-bond donors (Lipinski definition) is 1. The van der Waals surface area contributed by atoms with E-state index in [-0.39, 0.29) is 6.04 Å². The van der Waals surface area contributed by atoms with Crippen molar-refractivity contribution < 1.29 is 4.74 Å². The predicted octanol–water partition coefficient (Wildman–Crippen LogP) is 3.39. The second-order valence-corrected chi connectivity index (χ2v) is 4.29. The summed E-state index contributed by atoms with van der Waals surface area (Å²) in [6.07, 6.45) is 2.60. The first-order chi connectivity index (χ1) is 7.60. The molecule has 0 bridgehead atoms. The van der Waals surface area contributed by atoms with E-state index in [9.17, 15) is 0 Å². The van der Waals surface area contributed by atoms with E-state index >= 15 is 0 Å². The molecule has 0 spiro atoms. The van der Waals surface area contributed by atoms with E-state index in [1.807, 2.05) is 12.1 Å². The molecule has 1 atom stereocenters. The van der Waals surface area contributed by atoms with Crippen molar-refractivity contribution >= 4 is 0 Å². The minimum atomic E-state index is -0.0360. The number of hydrogen-bond acceptors (Lipinski definition) is 2. The monoisotopic (exact) mass is 219 g/mol. The van der Waals surface area contributed by atoms with Crippen molar-refractivity contribution in [1.82, 2.24) is 0 Å². The third kappa shape index (κ3) is 2.86. The van der Waals surface area contributed by atoms with Gasteiger partial charge in [0.2, 0.25) is 0 Å². The number of nitrogens with two attached hydrogens (primary N) is 1. The van der Waals surface area contributed by atoms with Gasteiger partial charge in [-0.15, -0.1) is 6.58 Å². The van der Waals surface area contributed by atoms with E-state index in [0.29, 0.717) is 5.92 Å². The maximum atomic E-state index is 6.10. The Balaban J connectivity index is 3.10. The third-order valence-electron chi connectivity index (χ3n) is 2.74. The quantitative estimate of drug-likeness (QED) is 0.770. The van der Waals surface area contributed by atoms with Crippen LogP contribution in [0.2, 0.25) is 0 Å². The highest BCUT2D eigenvalue weighted by atomic mass is 16.5. The Hall–Kier alpha value is -1.28. The maximum Gasteiger partial charge on any atom is 0.123 e. The molecule has 0 amide bonds. The van der Waals surface area contributed by atoms with Crippen LogP contribution in [-0.4, -0.2) is 7.11 Å². The van der Waals surface area contributed by atoms with Gasteiger partial charge in [0.15, 0.2) is 0 Å². The highest BCUT2D eigenvalue weighted by Crippen LogP contribution is 2.29. The molecule has 0 aliphatic heterocycles. The molecule has 1 aromatic rings. The highest BCUT2D eigenvalue weighted by Gasteiger charge is 2.12. The first-order valence-electron chi connectivity index (χ1n) is 5.64. The van der Waals surface area contributed by atoms with Crippen molar-refractivity contribution in [2.75, 3.05) is 7.11 Å². The molecule has 0 saturated heterocycles. The van der Waals surface area contributed by atoms with Crippen LogP contribution in [0.5, 0.6) is 5.75 Å². The molecule has 88 valence electrons. The van der Waals surface area contributed by atoms with E-state index in [2.05, 4.69) is 32.6 Å². The van der Waals surface area contributed by atoms with Gasteiger partial charge in [-0.25, -0.2) is 0 Å². The van der Waals surface area contributed by atoms with E-state index in [1.54, 1.807) is 7.11 Å². The van der Waals surface area contributed by atoms with Crippen molar-refractivity contribution in [1.29, 1.82) is 0 Å². The van der Waals surface area contributed by atoms with Gasteiger partial charge in [-0.2, -0.15) is 0 Å². The van der Waals surface area contributed by atoms with E-state index in [1.165, 1.54) is 5.56 Å². The first-order valence-corrected chi connectivity index (χ1v) is 5.64. The standard InChI is InChI=1S/C14H21NO/c1-5-6-13(15)12-9-11(10(2)3)7-8-14(12)16-4/h5,7-10,13H,1,6,15H2,2-4H3/t13-/m1/s1. The lowest BCUT2D eigenvalue weighted by atomic mass is 9.96. The van der Waals surface area contributed by atoms with E-state index < -0.39 is 0 Å². The average molecular weight is 219 g/mol. The van der Waals surface area contributed by atoms with Gasteiger partial charge in [0.05, 0.1) is 7.11 Å². The summed E-state index contributed by atoms with van der Waals surface area (Å²) in [5, 5.41) is 0. The molecule has 16 heavy (non-hydrogen) atoms.